The smallest absolute Gasteiger partial charge is 0.261 e. The summed E-state index contributed by atoms with van der Waals surface area (Å²) in [5.41, 5.74) is 0.771. The highest BCUT2D eigenvalue weighted by Gasteiger charge is 2.24. The van der Waals surface area contributed by atoms with E-state index in [1.807, 2.05) is 11.2 Å². The van der Waals surface area contributed by atoms with E-state index in [2.05, 4.69) is 10.0 Å². The van der Waals surface area contributed by atoms with Gasteiger partial charge in [-0.3, -0.25) is 14.3 Å². The Kier molecular flexibility index (Phi) is 10.00. The van der Waals surface area contributed by atoms with Gasteiger partial charge in [-0.05, 0) is 55.9 Å². The van der Waals surface area contributed by atoms with Crippen molar-refractivity contribution in [2.45, 2.75) is 41.9 Å². The van der Waals surface area contributed by atoms with Crippen LogP contribution in [0, 0.1) is 0 Å². The molecule has 0 bridgehead atoms. The topological polar surface area (TPSA) is 105 Å². The molecular formula is C25H33N3O5S2. The number of hydrogen-bond acceptors (Lipinski definition) is 6. The number of sulfonamides is 1. The van der Waals surface area contributed by atoms with E-state index in [1.54, 1.807) is 37.4 Å². The number of thioether (sulfide) groups is 1. The van der Waals surface area contributed by atoms with Crippen molar-refractivity contribution in [3.63, 3.8) is 0 Å². The first-order chi connectivity index (χ1) is 16.9. The molecule has 2 N–H and O–H groups in total. The number of carbonyl (C=O) groups is 2. The maximum atomic E-state index is 13.3. The molecule has 0 aliphatic carbocycles. The van der Waals surface area contributed by atoms with Crippen molar-refractivity contribution in [2.24, 2.45) is 0 Å². The van der Waals surface area contributed by atoms with Crippen LogP contribution in [0.15, 0.2) is 52.3 Å². The van der Waals surface area contributed by atoms with Crippen LogP contribution >= 0.6 is 11.8 Å². The average Bonchev–Trinajstić information content (AvgIpc) is 3.15. The van der Waals surface area contributed by atoms with Gasteiger partial charge in [0.15, 0.2) is 0 Å². The summed E-state index contributed by atoms with van der Waals surface area (Å²) in [5.74, 6) is -0.529. The van der Waals surface area contributed by atoms with E-state index in [1.165, 1.54) is 23.9 Å². The molecule has 0 spiro atoms. The lowest BCUT2D eigenvalue weighted by molar-refractivity contribution is 0.0757. The Morgan fingerprint density at radius 3 is 2.43 bits per heavy atom. The number of rotatable bonds is 10. The van der Waals surface area contributed by atoms with Gasteiger partial charge < -0.3 is 15.0 Å². The lowest BCUT2D eigenvalue weighted by Gasteiger charge is -2.22. The fourth-order valence-corrected chi connectivity index (χ4v) is 5.63. The Labute approximate surface area is 211 Å². The molecule has 2 amide bonds. The quantitative estimate of drug-likeness (QED) is 0.363. The number of ether oxygens (including phenoxy) is 1. The second-order valence-electron chi connectivity index (χ2n) is 8.32. The molecule has 1 fully saturated rings. The summed E-state index contributed by atoms with van der Waals surface area (Å²) in [4.78, 5) is 28.5. The molecule has 8 nitrogen and oxygen atoms in total. The van der Waals surface area contributed by atoms with Crippen LogP contribution < -0.4 is 10.0 Å². The Morgan fingerprint density at radius 2 is 1.74 bits per heavy atom. The zero-order valence-corrected chi connectivity index (χ0v) is 21.8. The number of amides is 2. The number of nitrogens with zero attached hydrogens (tertiary/aromatic N) is 1. The maximum Gasteiger partial charge on any atom is 0.261 e. The third-order valence-corrected chi connectivity index (χ3v) is 7.99. The van der Waals surface area contributed by atoms with Gasteiger partial charge in [0.05, 0.1) is 21.7 Å². The van der Waals surface area contributed by atoms with Crippen LogP contribution in [0.4, 0.5) is 5.69 Å². The van der Waals surface area contributed by atoms with Crippen LogP contribution in [-0.2, 0) is 14.8 Å². The molecule has 2 aromatic rings. The molecule has 1 aliphatic rings. The fraction of sp³-hybridized carbons (Fsp3) is 0.440. The van der Waals surface area contributed by atoms with Crippen molar-refractivity contribution in [1.82, 2.24) is 10.2 Å². The predicted octanol–water partition coefficient (Wildman–Crippen LogP) is 3.99. The van der Waals surface area contributed by atoms with E-state index in [-0.39, 0.29) is 28.0 Å². The molecule has 3 rings (SSSR count). The number of hydrogen-bond donors (Lipinski definition) is 2. The van der Waals surface area contributed by atoms with Crippen LogP contribution in [0.2, 0.25) is 0 Å². The lowest BCUT2D eigenvalue weighted by Crippen LogP contribution is -2.32. The molecule has 0 radical (unpaired) electrons. The SMILES string of the molecule is COCCCNC(=O)c1ccccc1NS(=O)(=O)c1ccc(SC)c(C(=O)N2CCCCCC2)c1. The second-order valence-corrected chi connectivity index (χ2v) is 10.9. The zero-order chi connectivity index (χ0) is 25.3. The van der Waals surface area contributed by atoms with E-state index < -0.39 is 10.0 Å². The van der Waals surface area contributed by atoms with Crippen molar-refractivity contribution in [3.05, 3.63) is 53.6 Å². The van der Waals surface area contributed by atoms with Gasteiger partial charge in [0.25, 0.3) is 21.8 Å². The summed E-state index contributed by atoms with van der Waals surface area (Å²) in [6.45, 7) is 2.27. The van der Waals surface area contributed by atoms with Gasteiger partial charge >= 0.3 is 0 Å². The van der Waals surface area contributed by atoms with Gasteiger partial charge in [0.2, 0.25) is 0 Å². The number of nitrogens with one attached hydrogen (secondary N) is 2. The molecular weight excluding hydrogens is 486 g/mol. The first kappa shape index (κ1) is 27.0. The first-order valence-electron chi connectivity index (χ1n) is 11.7. The summed E-state index contributed by atoms with van der Waals surface area (Å²) in [7, 11) is -2.46. The second kappa shape index (κ2) is 12.9. The molecule has 0 saturated carbocycles. The monoisotopic (exact) mass is 519 g/mol. The van der Waals surface area contributed by atoms with E-state index in [9.17, 15) is 18.0 Å². The highest BCUT2D eigenvalue weighted by atomic mass is 32.2. The van der Waals surface area contributed by atoms with Crippen molar-refractivity contribution in [3.8, 4) is 0 Å². The van der Waals surface area contributed by atoms with Crippen LogP contribution in [0.25, 0.3) is 0 Å². The third-order valence-electron chi connectivity index (χ3n) is 5.83. The van der Waals surface area contributed by atoms with Gasteiger partial charge in [0, 0.05) is 38.2 Å². The minimum absolute atomic E-state index is 0.0243. The molecule has 10 heteroatoms. The molecule has 2 aromatic carbocycles. The van der Waals surface area contributed by atoms with E-state index in [0.717, 1.165) is 30.6 Å². The summed E-state index contributed by atoms with van der Waals surface area (Å²) in [5, 5.41) is 2.77. The molecule has 0 atom stereocenters. The normalized spacial score (nSPS) is 14.3. The summed E-state index contributed by atoms with van der Waals surface area (Å²) >= 11 is 1.41. The molecule has 0 unspecified atom stereocenters. The van der Waals surface area contributed by atoms with Crippen LogP contribution in [0.1, 0.15) is 52.8 Å². The Balaban J connectivity index is 1.85. The first-order valence-corrected chi connectivity index (χ1v) is 14.4. The molecule has 35 heavy (non-hydrogen) atoms. The molecule has 1 saturated heterocycles. The van der Waals surface area contributed by atoms with Crippen molar-refractivity contribution in [2.75, 3.05) is 44.3 Å². The van der Waals surface area contributed by atoms with Gasteiger partial charge in [-0.1, -0.05) is 25.0 Å². The number of methoxy groups -OCH3 is 1. The number of anilines is 1. The van der Waals surface area contributed by atoms with Crippen molar-refractivity contribution >= 4 is 39.3 Å². The summed E-state index contributed by atoms with van der Waals surface area (Å²) < 4.78 is 34.1. The van der Waals surface area contributed by atoms with Crippen molar-refractivity contribution < 1.29 is 22.7 Å². The minimum atomic E-state index is -4.05. The number of likely N-dealkylation sites (tertiary alicyclic amines) is 1. The molecule has 0 aromatic heterocycles. The largest absolute Gasteiger partial charge is 0.385 e. The number of carbonyl (C=O) groups excluding carboxylic acids is 2. The standard InChI is InChI=1S/C25H33N3O5S2/c1-33-17-9-14-26-24(29)20-10-5-6-11-22(20)27-35(31,32)19-12-13-23(34-2)21(18-19)25(30)28-15-7-3-4-8-16-28/h5-6,10-13,18,27H,3-4,7-9,14-17H2,1-2H3,(H,26,29). The number of benzene rings is 2. The summed E-state index contributed by atoms with van der Waals surface area (Å²) in [6, 6.07) is 11.0. The minimum Gasteiger partial charge on any atom is -0.385 e. The fourth-order valence-electron chi connectivity index (χ4n) is 3.95. The predicted molar refractivity (Wildman–Crippen MR) is 139 cm³/mol. The number of para-hydroxylation sites is 1. The highest BCUT2D eigenvalue weighted by molar-refractivity contribution is 7.98. The average molecular weight is 520 g/mol. The van der Waals surface area contributed by atoms with E-state index in [4.69, 9.17) is 4.74 Å². The highest BCUT2D eigenvalue weighted by Crippen LogP contribution is 2.28. The van der Waals surface area contributed by atoms with Crippen LogP contribution in [-0.4, -0.2) is 64.7 Å². The Morgan fingerprint density at radius 1 is 1.03 bits per heavy atom. The lowest BCUT2D eigenvalue weighted by atomic mass is 10.1. The van der Waals surface area contributed by atoms with E-state index in [0.29, 0.717) is 38.2 Å². The van der Waals surface area contributed by atoms with Gasteiger partial charge in [-0.25, -0.2) is 8.42 Å². The van der Waals surface area contributed by atoms with Gasteiger partial charge in [-0.2, -0.15) is 0 Å². The Bertz CT molecular complexity index is 1130. The maximum absolute atomic E-state index is 13.3. The molecule has 1 heterocycles. The zero-order valence-electron chi connectivity index (χ0n) is 20.2. The van der Waals surface area contributed by atoms with E-state index >= 15 is 0 Å². The van der Waals surface area contributed by atoms with Gasteiger partial charge in [-0.15, -0.1) is 11.8 Å². The van der Waals surface area contributed by atoms with Crippen molar-refractivity contribution in [1.29, 1.82) is 0 Å². The third kappa shape index (κ3) is 7.22. The molecule has 1 aliphatic heterocycles. The van der Waals surface area contributed by atoms with Gasteiger partial charge in [0.1, 0.15) is 0 Å². The molecule has 190 valence electrons. The summed E-state index contributed by atoms with van der Waals surface area (Å²) in [6.07, 6.45) is 6.59. The van der Waals surface area contributed by atoms with Crippen LogP contribution in [0.3, 0.4) is 0 Å². The Hall–Kier alpha value is -2.56. The van der Waals surface area contributed by atoms with Crippen LogP contribution in [0.5, 0.6) is 0 Å².